The summed E-state index contributed by atoms with van der Waals surface area (Å²) < 4.78 is 27.8. The smallest absolute Gasteiger partial charge is 0.199 e. The summed E-state index contributed by atoms with van der Waals surface area (Å²) in [6.07, 6.45) is 0.892. The Bertz CT molecular complexity index is 715. The molecule has 0 spiro atoms. The fourth-order valence-electron chi connectivity index (χ4n) is 2.31. The van der Waals surface area contributed by atoms with Crippen molar-refractivity contribution in [3.63, 3.8) is 0 Å². The quantitative estimate of drug-likeness (QED) is 0.664. The summed E-state index contributed by atoms with van der Waals surface area (Å²) in [6, 6.07) is 7.38. The van der Waals surface area contributed by atoms with Crippen molar-refractivity contribution in [2.75, 3.05) is 11.9 Å². The highest BCUT2D eigenvalue weighted by Gasteiger charge is 2.22. The molecule has 1 heterocycles. The summed E-state index contributed by atoms with van der Waals surface area (Å²) in [4.78, 5) is 12.3. The number of hydrogen-bond acceptors (Lipinski definition) is 2. The van der Waals surface area contributed by atoms with E-state index in [1.165, 1.54) is 6.07 Å². The second-order valence-corrected chi connectivity index (χ2v) is 5.45. The van der Waals surface area contributed by atoms with E-state index in [9.17, 15) is 13.6 Å². The van der Waals surface area contributed by atoms with Crippen LogP contribution in [0.3, 0.4) is 0 Å². The van der Waals surface area contributed by atoms with E-state index in [1.54, 1.807) is 12.1 Å². The van der Waals surface area contributed by atoms with Crippen LogP contribution >= 0.6 is 15.9 Å². The van der Waals surface area contributed by atoms with E-state index in [4.69, 9.17) is 0 Å². The number of rotatable bonds is 2. The normalized spacial score (nSPS) is 12.9. The van der Waals surface area contributed by atoms with E-state index in [0.29, 0.717) is 0 Å². The first-order valence-corrected chi connectivity index (χ1v) is 6.92. The minimum atomic E-state index is -0.872. The number of anilines is 1. The maximum Gasteiger partial charge on any atom is 0.199 e. The first-order valence-electron chi connectivity index (χ1n) is 6.13. The van der Waals surface area contributed by atoms with Gasteiger partial charge in [-0.1, -0.05) is 12.1 Å². The molecule has 2 nitrogen and oxygen atoms in total. The zero-order chi connectivity index (χ0) is 14.3. The molecule has 102 valence electrons. The van der Waals surface area contributed by atoms with Crippen molar-refractivity contribution in [2.45, 2.75) is 6.42 Å². The highest BCUT2D eigenvalue weighted by molar-refractivity contribution is 9.10. The predicted octanol–water partition coefficient (Wildman–Crippen LogP) is 3.93. The zero-order valence-electron chi connectivity index (χ0n) is 10.3. The second-order valence-electron chi connectivity index (χ2n) is 4.60. The maximum atomic E-state index is 13.9. The maximum absolute atomic E-state index is 13.9. The number of carbonyl (C=O) groups excluding carboxylic acids is 1. The lowest BCUT2D eigenvalue weighted by atomic mass is 10.00. The number of ketones is 1. The molecule has 1 aliphatic rings. The summed E-state index contributed by atoms with van der Waals surface area (Å²) in [5, 5.41) is 3.14. The Morgan fingerprint density at radius 2 is 2.00 bits per heavy atom. The number of halogens is 3. The van der Waals surface area contributed by atoms with Gasteiger partial charge in [-0.25, -0.2) is 8.78 Å². The van der Waals surface area contributed by atoms with Gasteiger partial charge in [0.05, 0.1) is 10.0 Å². The number of carbonyl (C=O) groups is 1. The van der Waals surface area contributed by atoms with E-state index >= 15 is 0 Å². The van der Waals surface area contributed by atoms with Gasteiger partial charge < -0.3 is 5.32 Å². The number of benzene rings is 2. The van der Waals surface area contributed by atoms with Crippen LogP contribution in [0, 0.1) is 11.6 Å². The van der Waals surface area contributed by atoms with Crippen LogP contribution < -0.4 is 5.32 Å². The molecule has 2 aromatic rings. The van der Waals surface area contributed by atoms with Gasteiger partial charge in [0, 0.05) is 17.8 Å². The van der Waals surface area contributed by atoms with E-state index in [2.05, 4.69) is 21.2 Å². The third-order valence-electron chi connectivity index (χ3n) is 3.35. The molecule has 0 aliphatic carbocycles. The van der Waals surface area contributed by atoms with Crippen LogP contribution in [0.25, 0.3) is 0 Å². The Morgan fingerprint density at radius 1 is 1.20 bits per heavy atom. The highest BCUT2D eigenvalue weighted by atomic mass is 79.9. The molecule has 0 amide bonds. The van der Waals surface area contributed by atoms with Gasteiger partial charge in [0.2, 0.25) is 0 Å². The average Bonchev–Trinajstić information content (AvgIpc) is 2.90. The standard InChI is InChI=1S/C15H10BrF2NO/c16-10-3-4-11(17)13(14(10)18)15(20)9-2-1-8-5-6-19-12(8)7-9/h1-4,7,19H,5-6H2. The average molecular weight is 338 g/mol. The summed E-state index contributed by atoms with van der Waals surface area (Å²) >= 11 is 2.96. The summed E-state index contributed by atoms with van der Waals surface area (Å²) in [7, 11) is 0. The van der Waals surface area contributed by atoms with Crippen LogP contribution in [0.15, 0.2) is 34.8 Å². The van der Waals surface area contributed by atoms with Gasteiger partial charge >= 0.3 is 0 Å². The summed E-state index contributed by atoms with van der Waals surface area (Å²) in [5.41, 5.74) is 1.70. The zero-order valence-corrected chi connectivity index (χ0v) is 11.9. The molecule has 2 aromatic carbocycles. The van der Waals surface area contributed by atoms with Crippen molar-refractivity contribution < 1.29 is 13.6 Å². The minimum absolute atomic E-state index is 0.0709. The lowest BCUT2D eigenvalue weighted by Crippen LogP contribution is -2.08. The van der Waals surface area contributed by atoms with Crippen molar-refractivity contribution in [3.05, 3.63) is 63.1 Å². The number of hydrogen-bond donors (Lipinski definition) is 1. The SMILES string of the molecule is O=C(c1ccc2c(c1)NCC2)c1c(F)ccc(Br)c1F. The van der Waals surface area contributed by atoms with Crippen LogP contribution in [0.2, 0.25) is 0 Å². The topological polar surface area (TPSA) is 29.1 Å². The Hall–Kier alpha value is -1.75. The fraction of sp³-hybridized carbons (Fsp3) is 0.133. The molecule has 1 aliphatic heterocycles. The van der Waals surface area contributed by atoms with Crippen LogP contribution in [-0.2, 0) is 6.42 Å². The monoisotopic (exact) mass is 337 g/mol. The molecule has 3 rings (SSSR count). The van der Waals surface area contributed by atoms with Gasteiger partial charge in [0.15, 0.2) is 11.6 Å². The Morgan fingerprint density at radius 3 is 2.80 bits per heavy atom. The van der Waals surface area contributed by atoms with Crippen molar-refractivity contribution in [1.82, 2.24) is 0 Å². The molecule has 0 saturated carbocycles. The molecule has 20 heavy (non-hydrogen) atoms. The van der Waals surface area contributed by atoms with Crippen molar-refractivity contribution in [3.8, 4) is 0 Å². The number of fused-ring (bicyclic) bond motifs is 1. The molecule has 0 saturated heterocycles. The molecule has 0 unspecified atom stereocenters. The predicted molar refractivity (Wildman–Crippen MR) is 76.1 cm³/mol. The Labute approximate surface area is 122 Å². The first-order chi connectivity index (χ1) is 9.58. The van der Waals surface area contributed by atoms with Gasteiger partial charge in [-0.3, -0.25) is 4.79 Å². The van der Waals surface area contributed by atoms with Crippen LogP contribution in [0.1, 0.15) is 21.5 Å². The van der Waals surface area contributed by atoms with Crippen molar-refractivity contribution in [2.24, 2.45) is 0 Å². The van der Waals surface area contributed by atoms with Gasteiger partial charge in [-0.15, -0.1) is 0 Å². The molecule has 0 atom stereocenters. The molecular formula is C15H10BrF2NO. The largest absolute Gasteiger partial charge is 0.384 e. The van der Waals surface area contributed by atoms with Crippen molar-refractivity contribution in [1.29, 1.82) is 0 Å². The van der Waals surface area contributed by atoms with Crippen LogP contribution in [0.5, 0.6) is 0 Å². The van der Waals surface area contributed by atoms with E-state index < -0.39 is 23.0 Å². The molecule has 1 N–H and O–H groups in total. The van der Waals surface area contributed by atoms with Gasteiger partial charge in [0.25, 0.3) is 0 Å². The van der Waals surface area contributed by atoms with E-state index in [-0.39, 0.29) is 10.0 Å². The fourth-order valence-corrected chi connectivity index (χ4v) is 2.64. The van der Waals surface area contributed by atoms with E-state index in [1.807, 2.05) is 6.07 Å². The Balaban J connectivity index is 2.07. The van der Waals surface area contributed by atoms with Gasteiger partial charge in [0.1, 0.15) is 5.82 Å². The molecule has 0 aromatic heterocycles. The summed E-state index contributed by atoms with van der Waals surface area (Å²) in [6.45, 7) is 0.812. The third-order valence-corrected chi connectivity index (χ3v) is 3.97. The number of nitrogens with one attached hydrogen (secondary N) is 1. The Kier molecular flexibility index (Phi) is 3.30. The van der Waals surface area contributed by atoms with E-state index in [0.717, 1.165) is 30.3 Å². The van der Waals surface area contributed by atoms with Crippen LogP contribution in [-0.4, -0.2) is 12.3 Å². The molecule has 0 radical (unpaired) electrons. The molecule has 0 fully saturated rings. The lowest BCUT2D eigenvalue weighted by Gasteiger charge is -2.07. The lowest BCUT2D eigenvalue weighted by molar-refractivity contribution is 0.103. The first kappa shape index (κ1) is 13.2. The third kappa shape index (κ3) is 2.12. The van der Waals surface area contributed by atoms with Crippen molar-refractivity contribution >= 4 is 27.4 Å². The van der Waals surface area contributed by atoms with Crippen LogP contribution in [0.4, 0.5) is 14.5 Å². The highest BCUT2D eigenvalue weighted by Crippen LogP contribution is 2.27. The summed E-state index contributed by atoms with van der Waals surface area (Å²) in [5.74, 6) is -2.38. The molecule has 5 heteroatoms. The molecule has 0 bridgehead atoms. The van der Waals surface area contributed by atoms with Gasteiger partial charge in [-0.2, -0.15) is 0 Å². The molecular weight excluding hydrogens is 328 g/mol. The van der Waals surface area contributed by atoms with Gasteiger partial charge in [-0.05, 0) is 46.1 Å². The minimum Gasteiger partial charge on any atom is -0.384 e. The second kappa shape index (κ2) is 4.98.